The molecule has 0 aliphatic heterocycles. The summed E-state index contributed by atoms with van der Waals surface area (Å²) in [6.45, 7) is -0.404. The predicted octanol–water partition coefficient (Wildman–Crippen LogP) is 6.76. The number of fused-ring (bicyclic) bond motifs is 1. The Balaban J connectivity index is 1.51. The zero-order valence-corrected chi connectivity index (χ0v) is 19.2. The molecule has 0 unspecified atom stereocenters. The van der Waals surface area contributed by atoms with Gasteiger partial charge in [-0.2, -0.15) is 0 Å². The lowest BCUT2D eigenvalue weighted by Crippen LogP contribution is -2.13. The number of carbonyl (C=O) groups is 1. The molecule has 5 aromatic rings. The fourth-order valence-corrected chi connectivity index (χ4v) is 4.33. The molecular formula is C29H22N2O5. The molecule has 0 bridgehead atoms. The second-order valence-electron chi connectivity index (χ2n) is 8.37. The van der Waals surface area contributed by atoms with E-state index >= 15 is 0 Å². The lowest BCUT2D eigenvalue weighted by molar-refractivity contribution is -0.383. The second kappa shape index (κ2) is 9.76. The van der Waals surface area contributed by atoms with E-state index in [-0.39, 0.29) is 11.4 Å². The fraction of sp³-hybridized carbons (Fsp3) is 0.0690. The van der Waals surface area contributed by atoms with Crippen LogP contribution in [-0.4, -0.2) is 22.5 Å². The maximum Gasteiger partial charge on any atom is 0.322 e. The number of para-hydroxylation sites is 1. The summed E-state index contributed by atoms with van der Waals surface area (Å²) in [6, 6.07) is 30.6. The van der Waals surface area contributed by atoms with Crippen LogP contribution in [0.25, 0.3) is 33.2 Å². The molecule has 1 heterocycles. The Morgan fingerprint density at radius 2 is 1.53 bits per heavy atom. The van der Waals surface area contributed by atoms with E-state index in [0.717, 1.165) is 39.0 Å². The molecule has 1 aromatic heterocycles. The van der Waals surface area contributed by atoms with E-state index in [9.17, 15) is 14.9 Å². The van der Waals surface area contributed by atoms with Gasteiger partial charge in [0.25, 0.3) is 5.69 Å². The van der Waals surface area contributed by atoms with Crippen LogP contribution in [0.2, 0.25) is 0 Å². The Labute approximate surface area is 206 Å². The summed E-state index contributed by atoms with van der Waals surface area (Å²) in [5.74, 6) is -0.220. The van der Waals surface area contributed by atoms with Crippen LogP contribution in [0.3, 0.4) is 0 Å². The monoisotopic (exact) mass is 478 g/mol. The number of aliphatic carboxylic acids is 1. The Hall–Kier alpha value is -4.91. The maximum atomic E-state index is 11.6. The van der Waals surface area contributed by atoms with E-state index in [2.05, 4.69) is 17.4 Å². The van der Waals surface area contributed by atoms with Crippen LogP contribution >= 0.6 is 0 Å². The SMILES string of the molecule is O=C(O)CNc1ccc(-c2ccc(-c3c(Cc4ccccc4)oc4ccccc34)cc2)cc1[N+](=O)[O-]. The van der Waals surface area contributed by atoms with Gasteiger partial charge in [0.15, 0.2) is 0 Å². The van der Waals surface area contributed by atoms with Crippen molar-refractivity contribution in [1.82, 2.24) is 0 Å². The van der Waals surface area contributed by atoms with Gasteiger partial charge < -0.3 is 14.8 Å². The van der Waals surface area contributed by atoms with Crippen LogP contribution in [0.4, 0.5) is 11.4 Å². The number of furan rings is 1. The number of nitrogens with one attached hydrogen (secondary N) is 1. The molecule has 0 amide bonds. The first-order valence-corrected chi connectivity index (χ1v) is 11.4. The van der Waals surface area contributed by atoms with Crippen molar-refractivity contribution in [2.24, 2.45) is 0 Å². The highest BCUT2D eigenvalue weighted by atomic mass is 16.6. The smallest absolute Gasteiger partial charge is 0.322 e. The zero-order valence-electron chi connectivity index (χ0n) is 19.2. The lowest BCUT2D eigenvalue weighted by Gasteiger charge is -2.09. The van der Waals surface area contributed by atoms with E-state index in [4.69, 9.17) is 9.52 Å². The number of nitro benzene ring substituents is 1. The minimum absolute atomic E-state index is 0.165. The predicted molar refractivity (Wildman–Crippen MR) is 139 cm³/mol. The van der Waals surface area contributed by atoms with E-state index < -0.39 is 17.4 Å². The molecule has 5 rings (SSSR count). The number of hydrogen-bond acceptors (Lipinski definition) is 5. The molecule has 4 aromatic carbocycles. The number of carboxylic acids is 1. The summed E-state index contributed by atoms with van der Waals surface area (Å²) in [5, 5.41) is 24.1. The van der Waals surface area contributed by atoms with E-state index in [0.29, 0.717) is 12.0 Å². The Morgan fingerprint density at radius 3 is 2.25 bits per heavy atom. The lowest BCUT2D eigenvalue weighted by atomic mass is 9.96. The molecule has 0 radical (unpaired) electrons. The van der Waals surface area contributed by atoms with Crippen LogP contribution in [0.5, 0.6) is 0 Å². The van der Waals surface area contributed by atoms with Gasteiger partial charge in [-0.05, 0) is 34.4 Å². The van der Waals surface area contributed by atoms with Gasteiger partial charge in [-0.3, -0.25) is 14.9 Å². The number of nitrogens with zero attached hydrogens (tertiary/aromatic N) is 1. The third-order valence-electron chi connectivity index (χ3n) is 6.01. The molecule has 2 N–H and O–H groups in total. The molecule has 0 saturated carbocycles. The Kier molecular flexibility index (Phi) is 6.19. The topological polar surface area (TPSA) is 106 Å². The van der Waals surface area contributed by atoms with E-state index in [1.165, 1.54) is 12.1 Å². The van der Waals surface area contributed by atoms with Crippen molar-refractivity contribution in [3.05, 3.63) is 118 Å². The summed E-state index contributed by atoms with van der Waals surface area (Å²) in [4.78, 5) is 21.9. The number of hydrogen-bond donors (Lipinski definition) is 2. The molecule has 36 heavy (non-hydrogen) atoms. The minimum atomic E-state index is -1.10. The highest BCUT2D eigenvalue weighted by Gasteiger charge is 2.18. The molecule has 0 spiro atoms. The molecule has 7 nitrogen and oxygen atoms in total. The molecule has 0 aliphatic rings. The second-order valence-corrected chi connectivity index (χ2v) is 8.37. The van der Waals surface area contributed by atoms with Crippen LogP contribution in [0.15, 0.2) is 101 Å². The highest BCUT2D eigenvalue weighted by molar-refractivity contribution is 5.96. The average molecular weight is 479 g/mol. The highest BCUT2D eigenvalue weighted by Crippen LogP contribution is 2.37. The summed E-state index contributed by atoms with van der Waals surface area (Å²) >= 11 is 0. The zero-order chi connectivity index (χ0) is 25.1. The van der Waals surface area contributed by atoms with E-state index in [1.807, 2.05) is 66.7 Å². The maximum absolute atomic E-state index is 11.6. The van der Waals surface area contributed by atoms with Crippen LogP contribution in [0, 0.1) is 10.1 Å². The molecule has 0 fully saturated rings. The van der Waals surface area contributed by atoms with Crippen LogP contribution < -0.4 is 5.32 Å². The van der Waals surface area contributed by atoms with Gasteiger partial charge in [0, 0.05) is 23.4 Å². The molecule has 7 heteroatoms. The Morgan fingerprint density at radius 1 is 0.861 bits per heavy atom. The van der Waals surface area contributed by atoms with Gasteiger partial charge in [-0.25, -0.2) is 0 Å². The van der Waals surface area contributed by atoms with Gasteiger partial charge in [0.05, 0.1) is 4.92 Å². The summed E-state index contributed by atoms with van der Waals surface area (Å²) in [5.41, 5.74) is 5.45. The number of rotatable bonds is 8. The van der Waals surface area contributed by atoms with Gasteiger partial charge in [-0.1, -0.05) is 78.9 Å². The van der Waals surface area contributed by atoms with Crippen LogP contribution in [0.1, 0.15) is 11.3 Å². The van der Waals surface area contributed by atoms with Gasteiger partial charge in [0.2, 0.25) is 0 Å². The van der Waals surface area contributed by atoms with Crippen molar-refractivity contribution >= 4 is 28.3 Å². The number of benzene rings is 4. The number of carboxylic acid groups (broad SMARTS) is 1. The standard InChI is InChI=1S/C29H22N2O5/c32-28(33)18-30-24-15-14-22(17-25(24)31(34)35)20-10-12-21(13-11-20)29-23-8-4-5-9-26(23)36-27(29)16-19-6-2-1-3-7-19/h1-15,17,30H,16,18H2,(H,32,33). The normalized spacial score (nSPS) is 10.9. The van der Waals surface area contributed by atoms with Crippen molar-refractivity contribution in [2.45, 2.75) is 6.42 Å². The van der Waals surface area contributed by atoms with Gasteiger partial charge in [-0.15, -0.1) is 0 Å². The molecule has 178 valence electrons. The third-order valence-corrected chi connectivity index (χ3v) is 6.01. The third kappa shape index (κ3) is 4.67. The first-order chi connectivity index (χ1) is 17.5. The van der Waals surface area contributed by atoms with E-state index in [1.54, 1.807) is 6.07 Å². The van der Waals surface area contributed by atoms with Crippen molar-refractivity contribution < 1.29 is 19.2 Å². The van der Waals surface area contributed by atoms with Crippen molar-refractivity contribution in [3.8, 4) is 22.3 Å². The molecular weight excluding hydrogens is 456 g/mol. The van der Waals surface area contributed by atoms with Crippen LogP contribution in [-0.2, 0) is 11.2 Å². The largest absolute Gasteiger partial charge is 0.480 e. The first kappa shape index (κ1) is 22.9. The van der Waals surface area contributed by atoms with Crippen molar-refractivity contribution in [2.75, 3.05) is 11.9 Å². The molecule has 0 saturated heterocycles. The van der Waals surface area contributed by atoms with Gasteiger partial charge in [0.1, 0.15) is 23.6 Å². The Bertz CT molecular complexity index is 1560. The average Bonchev–Trinajstić information content (AvgIpc) is 3.25. The van der Waals surface area contributed by atoms with Gasteiger partial charge >= 0.3 is 5.97 Å². The summed E-state index contributed by atoms with van der Waals surface area (Å²) in [7, 11) is 0. The molecule has 0 aliphatic carbocycles. The summed E-state index contributed by atoms with van der Waals surface area (Å²) < 4.78 is 6.24. The quantitative estimate of drug-likeness (QED) is 0.188. The number of nitro groups is 1. The fourth-order valence-electron chi connectivity index (χ4n) is 4.33. The summed E-state index contributed by atoms with van der Waals surface area (Å²) in [6.07, 6.45) is 0.656. The first-order valence-electron chi connectivity index (χ1n) is 11.4. The minimum Gasteiger partial charge on any atom is -0.480 e. The molecule has 0 atom stereocenters. The number of anilines is 1. The van der Waals surface area contributed by atoms with Crippen molar-refractivity contribution in [3.63, 3.8) is 0 Å². The van der Waals surface area contributed by atoms with Crippen molar-refractivity contribution in [1.29, 1.82) is 0 Å².